The van der Waals surface area contributed by atoms with Gasteiger partial charge in [-0.1, -0.05) is 12.1 Å². The second kappa shape index (κ2) is 6.58. The predicted octanol–water partition coefficient (Wildman–Crippen LogP) is 4.22. The van der Waals surface area contributed by atoms with Gasteiger partial charge in [-0.3, -0.25) is 4.79 Å². The minimum Gasteiger partial charge on any atom is -0.497 e. The summed E-state index contributed by atoms with van der Waals surface area (Å²) in [6, 6.07) is 13.2. The van der Waals surface area contributed by atoms with E-state index < -0.39 is 0 Å². The third kappa shape index (κ3) is 3.15. The molecule has 5 nitrogen and oxygen atoms in total. The zero-order valence-corrected chi connectivity index (χ0v) is 13.8. The second-order valence-electron chi connectivity index (χ2n) is 5.53. The van der Waals surface area contributed by atoms with Crippen LogP contribution in [0, 0.1) is 13.8 Å². The van der Waals surface area contributed by atoms with Gasteiger partial charge in [-0.15, -0.1) is 0 Å². The summed E-state index contributed by atoms with van der Waals surface area (Å²) in [6.45, 7) is 3.93. The molecule has 1 heterocycles. The lowest BCUT2D eigenvalue weighted by atomic mass is 10.1. The molecule has 0 radical (unpaired) electrons. The highest BCUT2D eigenvalue weighted by Crippen LogP contribution is 2.26. The summed E-state index contributed by atoms with van der Waals surface area (Å²) in [5.41, 5.74) is 3.85. The number of amides is 1. The first kappa shape index (κ1) is 15.8. The number of rotatable bonds is 4. The first-order valence-electron chi connectivity index (χ1n) is 7.55. The van der Waals surface area contributed by atoms with Crippen LogP contribution in [0.3, 0.4) is 0 Å². The van der Waals surface area contributed by atoms with Gasteiger partial charge in [0.05, 0.1) is 7.11 Å². The van der Waals surface area contributed by atoms with Crippen molar-refractivity contribution in [2.24, 2.45) is 0 Å². The largest absolute Gasteiger partial charge is 0.497 e. The number of methoxy groups -OCH3 is 1. The SMILES string of the molecule is COc1ccc(-c2ocnc2C(=O)Nc2cc(C)ccc2C)cc1. The highest BCUT2D eigenvalue weighted by Gasteiger charge is 2.19. The fourth-order valence-electron chi connectivity index (χ4n) is 2.41. The van der Waals surface area contributed by atoms with E-state index in [2.05, 4.69) is 10.3 Å². The first-order chi connectivity index (χ1) is 11.6. The average molecular weight is 322 g/mol. The minimum atomic E-state index is -0.303. The highest BCUT2D eigenvalue weighted by atomic mass is 16.5. The lowest BCUT2D eigenvalue weighted by Gasteiger charge is -2.09. The highest BCUT2D eigenvalue weighted by molar-refractivity contribution is 6.06. The summed E-state index contributed by atoms with van der Waals surface area (Å²) in [4.78, 5) is 16.7. The van der Waals surface area contributed by atoms with Crippen molar-refractivity contribution in [1.82, 2.24) is 4.98 Å². The number of nitrogens with one attached hydrogen (secondary N) is 1. The van der Waals surface area contributed by atoms with Crippen LogP contribution in [0.5, 0.6) is 5.75 Å². The average Bonchev–Trinajstić information content (AvgIpc) is 3.08. The number of aromatic nitrogens is 1. The molecule has 0 spiro atoms. The van der Waals surface area contributed by atoms with Gasteiger partial charge in [0, 0.05) is 11.3 Å². The minimum absolute atomic E-state index is 0.251. The monoisotopic (exact) mass is 322 g/mol. The Kier molecular flexibility index (Phi) is 4.33. The normalized spacial score (nSPS) is 10.5. The van der Waals surface area contributed by atoms with E-state index in [0.29, 0.717) is 5.76 Å². The molecule has 0 bridgehead atoms. The molecule has 0 atom stereocenters. The molecule has 1 aromatic heterocycles. The predicted molar refractivity (Wildman–Crippen MR) is 92.4 cm³/mol. The van der Waals surface area contributed by atoms with Crippen molar-refractivity contribution in [2.45, 2.75) is 13.8 Å². The maximum absolute atomic E-state index is 12.6. The van der Waals surface area contributed by atoms with Crippen LogP contribution in [0.15, 0.2) is 53.3 Å². The van der Waals surface area contributed by atoms with Gasteiger partial charge in [-0.2, -0.15) is 0 Å². The van der Waals surface area contributed by atoms with Gasteiger partial charge < -0.3 is 14.5 Å². The molecular formula is C19H18N2O3. The zero-order chi connectivity index (χ0) is 17.1. The van der Waals surface area contributed by atoms with E-state index in [4.69, 9.17) is 9.15 Å². The molecule has 0 aliphatic rings. The van der Waals surface area contributed by atoms with Crippen LogP contribution in [0.4, 0.5) is 5.69 Å². The fraction of sp³-hybridized carbons (Fsp3) is 0.158. The molecule has 122 valence electrons. The molecule has 5 heteroatoms. The van der Waals surface area contributed by atoms with E-state index in [0.717, 1.165) is 28.1 Å². The Hall–Kier alpha value is -3.08. The molecule has 1 amide bonds. The molecule has 24 heavy (non-hydrogen) atoms. The molecule has 3 aromatic rings. The zero-order valence-electron chi connectivity index (χ0n) is 13.8. The molecule has 0 fully saturated rings. The maximum atomic E-state index is 12.6. The number of nitrogens with zero attached hydrogens (tertiary/aromatic N) is 1. The number of carbonyl (C=O) groups is 1. The van der Waals surface area contributed by atoms with Gasteiger partial charge in [0.2, 0.25) is 0 Å². The van der Waals surface area contributed by atoms with E-state index in [-0.39, 0.29) is 11.6 Å². The number of hydrogen-bond donors (Lipinski definition) is 1. The Morgan fingerprint density at radius 1 is 1.12 bits per heavy atom. The van der Waals surface area contributed by atoms with Crippen molar-refractivity contribution in [3.05, 3.63) is 65.7 Å². The number of hydrogen-bond acceptors (Lipinski definition) is 4. The first-order valence-corrected chi connectivity index (χ1v) is 7.55. The standard InChI is InChI=1S/C19H18N2O3/c1-12-4-5-13(2)16(10-12)21-19(22)17-18(24-11-20-17)14-6-8-15(23-3)9-7-14/h4-11H,1-3H3,(H,21,22). The van der Waals surface area contributed by atoms with E-state index >= 15 is 0 Å². The van der Waals surface area contributed by atoms with Crippen LogP contribution in [0.25, 0.3) is 11.3 Å². The summed E-state index contributed by atoms with van der Waals surface area (Å²) in [5, 5.41) is 2.90. The van der Waals surface area contributed by atoms with Crippen LogP contribution in [0.1, 0.15) is 21.6 Å². The van der Waals surface area contributed by atoms with Crippen LogP contribution < -0.4 is 10.1 Å². The Morgan fingerprint density at radius 3 is 2.58 bits per heavy atom. The summed E-state index contributed by atoms with van der Waals surface area (Å²) < 4.78 is 10.6. The molecule has 0 saturated carbocycles. The lowest BCUT2D eigenvalue weighted by molar-refractivity contribution is 0.102. The van der Waals surface area contributed by atoms with Crippen molar-refractivity contribution < 1.29 is 13.9 Å². The Morgan fingerprint density at radius 2 is 1.88 bits per heavy atom. The van der Waals surface area contributed by atoms with E-state index in [1.807, 2.05) is 56.3 Å². The molecule has 0 aliphatic heterocycles. The maximum Gasteiger partial charge on any atom is 0.278 e. The molecular weight excluding hydrogens is 304 g/mol. The van der Waals surface area contributed by atoms with Gasteiger partial charge in [0.1, 0.15) is 5.75 Å². The van der Waals surface area contributed by atoms with Crippen molar-refractivity contribution in [3.63, 3.8) is 0 Å². The summed E-state index contributed by atoms with van der Waals surface area (Å²) >= 11 is 0. The van der Waals surface area contributed by atoms with E-state index in [9.17, 15) is 4.79 Å². The Balaban J connectivity index is 1.88. The van der Waals surface area contributed by atoms with E-state index in [1.54, 1.807) is 7.11 Å². The third-order valence-corrected chi connectivity index (χ3v) is 3.78. The van der Waals surface area contributed by atoms with Gasteiger partial charge in [0.15, 0.2) is 17.8 Å². The second-order valence-corrected chi connectivity index (χ2v) is 5.53. The van der Waals surface area contributed by atoms with Crippen LogP contribution in [-0.2, 0) is 0 Å². The molecule has 2 aromatic carbocycles. The van der Waals surface area contributed by atoms with Crippen LogP contribution in [-0.4, -0.2) is 18.0 Å². The molecule has 0 aliphatic carbocycles. The van der Waals surface area contributed by atoms with Crippen molar-refractivity contribution in [1.29, 1.82) is 0 Å². The molecule has 0 saturated heterocycles. The topological polar surface area (TPSA) is 64.4 Å². The Labute approximate surface area is 140 Å². The lowest BCUT2D eigenvalue weighted by Crippen LogP contribution is -2.14. The van der Waals surface area contributed by atoms with Gasteiger partial charge in [-0.05, 0) is 55.3 Å². The van der Waals surface area contributed by atoms with Crippen molar-refractivity contribution in [2.75, 3.05) is 12.4 Å². The van der Waals surface area contributed by atoms with Crippen molar-refractivity contribution in [3.8, 4) is 17.1 Å². The summed E-state index contributed by atoms with van der Waals surface area (Å²) in [6.07, 6.45) is 1.28. The fourth-order valence-corrected chi connectivity index (χ4v) is 2.41. The molecule has 1 N–H and O–H groups in total. The van der Waals surface area contributed by atoms with Gasteiger partial charge >= 0.3 is 0 Å². The molecule has 0 unspecified atom stereocenters. The smallest absolute Gasteiger partial charge is 0.278 e. The number of aryl methyl sites for hydroxylation is 2. The number of carbonyl (C=O) groups excluding carboxylic acids is 1. The Bertz CT molecular complexity index is 867. The van der Waals surface area contributed by atoms with E-state index in [1.165, 1.54) is 6.39 Å². The number of anilines is 1. The number of oxazole rings is 1. The number of ether oxygens (including phenoxy) is 1. The third-order valence-electron chi connectivity index (χ3n) is 3.78. The summed E-state index contributed by atoms with van der Waals surface area (Å²) in [7, 11) is 1.60. The van der Waals surface area contributed by atoms with Gasteiger partial charge in [-0.25, -0.2) is 4.98 Å². The summed E-state index contributed by atoms with van der Waals surface area (Å²) in [5.74, 6) is 0.864. The quantitative estimate of drug-likeness (QED) is 0.781. The van der Waals surface area contributed by atoms with Crippen LogP contribution in [0.2, 0.25) is 0 Å². The molecule has 3 rings (SSSR count). The van der Waals surface area contributed by atoms with Crippen molar-refractivity contribution >= 4 is 11.6 Å². The number of benzene rings is 2. The van der Waals surface area contributed by atoms with Gasteiger partial charge in [0.25, 0.3) is 5.91 Å². The van der Waals surface area contributed by atoms with Crippen LogP contribution >= 0.6 is 0 Å².